The minimum absolute atomic E-state index is 0.167. The molecule has 0 unspecified atom stereocenters. The molecule has 7 heteroatoms. The lowest BCUT2D eigenvalue weighted by Crippen LogP contribution is -2.14. The van der Waals surface area contributed by atoms with E-state index in [9.17, 15) is 9.59 Å². The van der Waals surface area contributed by atoms with Crippen LogP contribution in [0.15, 0.2) is 42.6 Å². The summed E-state index contributed by atoms with van der Waals surface area (Å²) in [5, 5.41) is 0.590. The van der Waals surface area contributed by atoms with Crippen LogP contribution in [0, 0.1) is 0 Å². The molecule has 0 spiro atoms. The number of anilines is 1. The number of nitrogen functional groups attached to an aromatic ring is 1. The van der Waals surface area contributed by atoms with E-state index in [0.29, 0.717) is 21.5 Å². The van der Waals surface area contributed by atoms with Gasteiger partial charge in [0.15, 0.2) is 10.6 Å². The van der Waals surface area contributed by atoms with Crippen molar-refractivity contribution in [3.63, 3.8) is 0 Å². The van der Waals surface area contributed by atoms with E-state index in [2.05, 4.69) is 4.98 Å². The quantitative estimate of drug-likeness (QED) is 0.566. The second kappa shape index (κ2) is 6.90. The lowest BCUT2D eigenvalue weighted by Gasteiger charge is -2.09. The van der Waals surface area contributed by atoms with Gasteiger partial charge in [-0.05, 0) is 50.2 Å². The summed E-state index contributed by atoms with van der Waals surface area (Å²) in [5.74, 6) is -0.958. The summed E-state index contributed by atoms with van der Waals surface area (Å²) in [7, 11) is 0. The van der Waals surface area contributed by atoms with Crippen LogP contribution in [0.3, 0.4) is 0 Å². The second-order valence-corrected chi connectivity index (χ2v) is 6.58. The minimum atomic E-state index is -0.581. The zero-order chi connectivity index (χ0) is 18.0. The Labute approximate surface area is 148 Å². The lowest BCUT2D eigenvalue weighted by molar-refractivity contribution is 0.0380. The van der Waals surface area contributed by atoms with Gasteiger partial charge in [-0.15, -0.1) is 11.3 Å². The second-order valence-electron chi connectivity index (χ2n) is 5.58. The average Bonchev–Trinajstić information content (AvgIpc) is 2.94. The molecule has 0 bridgehead atoms. The number of fused-ring (bicyclic) bond motifs is 1. The van der Waals surface area contributed by atoms with Gasteiger partial charge in [-0.1, -0.05) is 0 Å². The standard InChI is InChI=1S/C18H16N2O4S/c1-10(2)23-18(22)15-14(13-4-3-9-20-16(13)25-15)24-17(21)11-5-7-12(19)8-6-11/h3-10H,19H2,1-2H3. The first-order valence-corrected chi connectivity index (χ1v) is 8.43. The van der Waals surface area contributed by atoms with Gasteiger partial charge in [0.05, 0.1) is 17.1 Å². The lowest BCUT2D eigenvalue weighted by atomic mass is 10.2. The van der Waals surface area contributed by atoms with Crippen LogP contribution in [-0.4, -0.2) is 23.0 Å². The van der Waals surface area contributed by atoms with Crippen LogP contribution in [0.1, 0.15) is 33.9 Å². The van der Waals surface area contributed by atoms with E-state index >= 15 is 0 Å². The summed E-state index contributed by atoms with van der Waals surface area (Å²) in [6.45, 7) is 3.51. The number of nitrogens with two attached hydrogens (primary N) is 1. The van der Waals surface area contributed by atoms with Gasteiger partial charge in [-0.25, -0.2) is 14.6 Å². The molecule has 3 rings (SSSR count). The Balaban J connectivity index is 2.00. The molecule has 0 fully saturated rings. The fourth-order valence-corrected chi connectivity index (χ4v) is 3.14. The fraction of sp³-hybridized carbons (Fsp3) is 0.167. The van der Waals surface area contributed by atoms with E-state index in [1.54, 1.807) is 56.4 Å². The molecule has 128 valence electrons. The highest BCUT2D eigenvalue weighted by Gasteiger charge is 2.25. The van der Waals surface area contributed by atoms with E-state index in [1.807, 2.05) is 0 Å². The third-order valence-corrected chi connectivity index (χ3v) is 4.36. The molecule has 0 aliphatic carbocycles. The number of ether oxygens (including phenoxy) is 2. The maximum Gasteiger partial charge on any atom is 0.352 e. The zero-order valence-electron chi connectivity index (χ0n) is 13.7. The minimum Gasteiger partial charge on any atom is -0.459 e. The molecular weight excluding hydrogens is 340 g/mol. The summed E-state index contributed by atoms with van der Waals surface area (Å²) < 4.78 is 10.8. The van der Waals surface area contributed by atoms with E-state index in [0.717, 1.165) is 11.3 Å². The van der Waals surface area contributed by atoms with Crippen molar-refractivity contribution in [2.24, 2.45) is 0 Å². The first kappa shape index (κ1) is 16.9. The van der Waals surface area contributed by atoms with Crippen LogP contribution in [0.2, 0.25) is 0 Å². The number of aromatic nitrogens is 1. The number of carbonyl (C=O) groups is 2. The number of hydrogen-bond donors (Lipinski definition) is 1. The summed E-state index contributed by atoms with van der Waals surface area (Å²) >= 11 is 1.13. The Hall–Kier alpha value is -2.93. The molecule has 25 heavy (non-hydrogen) atoms. The van der Waals surface area contributed by atoms with Crippen LogP contribution in [0.5, 0.6) is 5.75 Å². The third kappa shape index (κ3) is 3.61. The van der Waals surface area contributed by atoms with Crippen LogP contribution < -0.4 is 10.5 Å². The molecule has 0 radical (unpaired) electrons. The summed E-state index contributed by atoms with van der Waals surface area (Å²) in [6.07, 6.45) is 1.33. The van der Waals surface area contributed by atoms with Crippen LogP contribution in [-0.2, 0) is 4.74 Å². The van der Waals surface area contributed by atoms with Crippen molar-refractivity contribution < 1.29 is 19.1 Å². The van der Waals surface area contributed by atoms with Gasteiger partial charge in [0, 0.05) is 11.9 Å². The maximum atomic E-state index is 12.4. The Kier molecular flexibility index (Phi) is 4.67. The first-order chi connectivity index (χ1) is 12.0. The summed E-state index contributed by atoms with van der Waals surface area (Å²) in [4.78, 5) is 29.8. The first-order valence-electron chi connectivity index (χ1n) is 7.62. The Morgan fingerprint density at radius 3 is 2.52 bits per heavy atom. The number of nitrogens with zero attached hydrogens (tertiary/aromatic N) is 1. The predicted molar refractivity (Wildman–Crippen MR) is 96.0 cm³/mol. The highest BCUT2D eigenvalue weighted by Crippen LogP contribution is 2.37. The molecule has 2 heterocycles. The van der Waals surface area contributed by atoms with Gasteiger partial charge in [-0.3, -0.25) is 0 Å². The normalized spacial score (nSPS) is 10.8. The van der Waals surface area contributed by atoms with Crippen molar-refractivity contribution in [2.45, 2.75) is 20.0 Å². The van der Waals surface area contributed by atoms with E-state index in [1.165, 1.54) is 0 Å². The van der Waals surface area contributed by atoms with E-state index in [4.69, 9.17) is 15.2 Å². The van der Waals surface area contributed by atoms with E-state index < -0.39 is 11.9 Å². The van der Waals surface area contributed by atoms with E-state index in [-0.39, 0.29) is 16.7 Å². The van der Waals surface area contributed by atoms with Gasteiger partial charge in [0.25, 0.3) is 0 Å². The number of hydrogen-bond acceptors (Lipinski definition) is 7. The molecule has 2 aromatic heterocycles. The third-order valence-electron chi connectivity index (χ3n) is 3.29. The number of rotatable bonds is 4. The molecule has 2 N–H and O–H groups in total. The van der Waals surface area contributed by atoms with Crippen molar-refractivity contribution >= 4 is 39.2 Å². The number of thiophene rings is 1. The Bertz CT molecular complexity index is 932. The molecule has 0 atom stereocenters. The fourth-order valence-electron chi connectivity index (χ4n) is 2.18. The van der Waals surface area contributed by atoms with Crippen molar-refractivity contribution in [3.8, 4) is 5.75 Å². The van der Waals surface area contributed by atoms with Crippen molar-refractivity contribution in [3.05, 3.63) is 53.0 Å². The zero-order valence-corrected chi connectivity index (χ0v) is 14.5. The molecule has 0 amide bonds. The molecule has 6 nitrogen and oxygen atoms in total. The topological polar surface area (TPSA) is 91.5 Å². The number of benzene rings is 1. The van der Waals surface area contributed by atoms with Crippen LogP contribution >= 0.6 is 11.3 Å². The van der Waals surface area contributed by atoms with Gasteiger partial charge in [-0.2, -0.15) is 0 Å². The molecule has 3 aromatic rings. The molecule has 1 aromatic carbocycles. The largest absolute Gasteiger partial charge is 0.459 e. The van der Waals surface area contributed by atoms with Gasteiger partial charge in [0.2, 0.25) is 0 Å². The number of pyridine rings is 1. The van der Waals surface area contributed by atoms with Crippen molar-refractivity contribution in [1.82, 2.24) is 4.98 Å². The molecule has 0 saturated carbocycles. The Morgan fingerprint density at radius 2 is 1.84 bits per heavy atom. The maximum absolute atomic E-state index is 12.4. The van der Waals surface area contributed by atoms with Crippen LogP contribution in [0.25, 0.3) is 10.2 Å². The summed E-state index contributed by atoms with van der Waals surface area (Å²) in [6, 6.07) is 9.81. The Morgan fingerprint density at radius 1 is 1.12 bits per heavy atom. The van der Waals surface area contributed by atoms with Crippen molar-refractivity contribution in [1.29, 1.82) is 0 Å². The van der Waals surface area contributed by atoms with Crippen molar-refractivity contribution in [2.75, 3.05) is 5.73 Å². The van der Waals surface area contributed by atoms with Gasteiger partial charge in [0.1, 0.15) is 4.83 Å². The van der Waals surface area contributed by atoms with Gasteiger partial charge >= 0.3 is 11.9 Å². The molecule has 0 aliphatic heterocycles. The highest BCUT2D eigenvalue weighted by atomic mass is 32.1. The monoisotopic (exact) mass is 356 g/mol. The molecular formula is C18H16N2O4S. The SMILES string of the molecule is CC(C)OC(=O)c1sc2ncccc2c1OC(=O)c1ccc(N)cc1. The smallest absolute Gasteiger partial charge is 0.352 e. The predicted octanol–water partition coefficient (Wildman–Crippen LogP) is 3.66. The molecule has 0 aliphatic rings. The average molecular weight is 356 g/mol. The number of esters is 2. The molecule has 0 saturated heterocycles. The van der Waals surface area contributed by atoms with Gasteiger partial charge < -0.3 is 15.2 Å². The highest BCUT2D eigenvalue weighted by molar-refractivity contribution is 7.20. The number of carbonyl (C=O) groups excluding carboxylic acids is 2. The van der Waals surface area contributed by atoms with Crippen LogP contribution in [0.4, 0.5) is 5.69 Å². The summed E-state index contributed by atoms with van der Waals surface area (Å²) in [5.41, 5.74) is 6.51.